The van der Waals surface area contributed by atoms with Gasteiger partial charge in [0.2, 0.25) is 5.91 Å². The van der Waals surface area contributed by atoms with Gasteiger partial charge in [-0.25, -0.2) is 0 Å². The first-order chi connectivity index (χ1) is 10.8. The van der Waals surface area contributed by atoms with E-state index in [1.54, 1.807) is 7.11 Å². The molecule has 3 heteroatoms. The van der Waals surface area contributed by atoms with E-state index >= 15 is 0 Å². The smallest absolute Gasteiger partial charge is 0.231 e. The van der Waals surface area contributed by atoms with Gasteiger partial charge in [0.15, 0.2) is 0 Å². The minimum Gasteiger partial charge on any atom is -0.380 e. The van der Waals surface area contributed by atoms with Gasteiger partial charge in [0.1, 0.15) is 0 Å². The van der Waals surface area contributed by atoms with Crippen LogP contribution in [0.1, 0.15) is 35.4 Å². The molecule has 0 saturated carbocycles. The summed E-state index contributed by atoms with van der Waals surface area (Å²) in [5.41, 5.74) is 4.38. The number of hydrogen-bond acceptors (Lipinski definition) is 2. The lowest BCUT2D eigenvalue weighted by atomic mass is 9.82. The van der Waals surface area contributed by atoms with Gasteiger partial charge in [0, 0.05) is 12.8 Å². The number of carbonyl (C=O) groups excluding carboxylic acids is 1. The van der Waals surface area contributed by atoms with Gasteiger partial charge in [-0.05, 0) is 48.1 Å². The maximum atomic E-state index is 12.7. The van der Waals surface area contributed by atoms with Gasteiger partial charge >= 0.3 is 0 Å². The molecule has 2 aromatic carbocycles. The summed E-state index contributed by atoms with van der Waals surface area (Å²) in [5.74, 6) is 0.0396. The van der Waals surface area contributed by atoms with E-state index in [1.807, 2.05) is 36.4 Å². The number of carbonyl (C=O) groups is 1. The fraction of sp³-hybridized carbons (Fsp3) is 0.316. The Hall–Kier alpha value is -2.13. The molecule has 1 aliphatic rings. The summed E-state index contributed by atoms with van der Waals surface area (Å²) >= 11 is 0. The van der Waals surface area contributed by atoms with Gasteiger partial charge in [-0.1, -0.05) is 36.4 Å². The van der Waals surface area contributed by atoms with Crippen LogP contribution in [-0.2, 0) is 22.6 Å². The van der Waals surface area contributed by atoms with Crippen LogP contribution in [0.3, 0.4) is 0 Å². The molecule has 2 aromatic rings. The average molecular weight is 295 g/mol. The topological polar surface area (TPSA) is 38.3 Å². The first kappa shape index (κ1) is 14.8. The summed E-state index contributed by atoms with van der Waals surface area (Å²) in [6.45, 7) is 0.552. The van der Waals surface area contributed by atoms with Crippen molar-refractivity contribution in [2.24, 2.45) is 0 Å². The number of anilines is 1. The van der Waals surface area contributed by atoms with Gasteiger partial charge in [-0.2, -0.15) is 0 Å². The summed E-state index contributed by atoms with van der Waals surface area (Å²) in [7, 11) is 1.67. The highest BCUT2D eigenvalue weighted by Crippen LogP contribution is 2.32. The van der Waals surface area contributed by atoms with Gasteiger partial charge in [0.25, 0.3) is 0 Å². The molecule has 22 heavy (non-hydrogen) atoms. The van der Waals surface area contributed by atoms with Crippen molar-refractivity contribution in [2.75, 3.05) is 12.4 Å². The molecular formula is C19H21NO2. The first-order valence-electron chi connectivity index (χ1n) is 7.74. The Bertz CT molecular complexity index is 666. The van der Waals surface area contributed by atoms with E-state index in [9.17, 15) is 4.79 Å². The molecule has 1 atom stereocenters. The van der Waals surface area contributed by atoms with Crippen LogP contribution in [-0.4, -0.2) is 13.0 Å². The second-order valence-corrected chi connectivity index (χ2v) is 5.77. The number of benzene rings is 2. The van der Waals surface area contributed by atoms with Crippen molar-refractivity contribution in [1.82, 2.24) is 0 Å². The molecule has 114 valence electrons. The maximum Gasteiger partial charge on any atom is 0.231 e. The average Bonchev–Trinajstić information content (AvgIpc) is 2.55. The fourth-order valence-electron chi connectivity index (χ4n) is 3.16. The molecule has 0 fully saturated rings. The summed E-state index contributed by atoms with van der Waals surface area (Å²) in [6.07, 6.45) is 3.06. The zero-order valence-corrected chi connectivity index (χ0v) is 12.8. The van der Waals surface area contributed by atoms with Crippen LogP contribution < -0.4 is 5.32 Å². The van der Waals surface area contributed by atoms with Crippen molar-refractivity contribution >= 4 is 11.6 Å². The van der Waals surface area contributed by atoms with Gasteiger partial charge in [-0.3, -0.25) is 4.79 Å². The van der Waals surface area contributed by atoms with E-state index in [0.717, 1.165) is 30.5 Å². The fourth-order valence-corrected chi connectivity index (χ4v) is 3.16. The lowest BCUT2D eigenvalue weighted by Gasteiger charge is -2.24. The highest BCUT2D eigenvalue weighted by Gasteiger charge is 2.26. The largest absolute Gasteiger partial charge is 0.380 e. The Kier molecular flexibility index (Phi) is 4.54. The third-order valence-corrected chi connectivity index (χ3v) is 4.19. The lowest BCUT2D eigenvalue weighted by Crippen LogP contribution is -2.24. The van der Waals surface area contributed by atoms with Gasteiger partial charge in [-0.15, -0.1) is 0 Å². The number of nitrogens with one attached hydrogen (secondary N) is 1. The minimum absolute atomic E-state index is 0.0453. The van der Waals surface area contributed by atoms with Gasteiger partial charge < -0.3 is 10.1 Å². The van der Waals surface area contributed by atoms with Crippen molar-refractivity contribution in [3.05, 3.63) is 65.2 Å². The molecule has 0 aromatic heterocycles. The molecule has 3 nitrogen and oxygen atoms in total. The number of methoxy groups -OCH3 is 1. The number of hydrogen-bond donors (Lipinski definition) is 1. The molecule has 0 saturated heterocycles. The second kappa shape index (κ2) is 6.75. The molecule has 1 aliphatic carbocycles. The SMILES string of the molecule is COCc1cccc(NC(=O)C2CCCc3ccccc32)c1. The Morgan fingerprint density at radius 3 is 2.95 bits per heavy atom. The van der Waals surface area contributed by atoms with E-state index in [-0.39, 0.29) is 11.8 Å². The summed E-state index contributed by atoms with van der Waals surface area (Å²) in [5, 5.41) is 3.06. The Morgan fingerprint density at radius 1 is 1.23 bits per heavy atom. The molecule has 1 N–H and O–H groups in total. The first-order valence-corrected chi connectivity index (χ1v) is 7.74. The van der Waals surface area contributed by atoms with Crippen LogP contribution in [0.15, 0.2) is 48.5 Å². The summed E-state index contributed by atoms with van der Waals surface area (Å²) in [6, 6.07) is 16.1. The Labute approximate surface area is 131 Å². The van der Waals surface area contributed by atoms with E-state index in [1.165, 1.54) is 11.1 Å². The van der Waals surface area contributed by atoms with E-state index in [2.05, 4.69) is 17.4 Å². The van der Waals surface area contributed by atoms with Crippen LogP contribution in [0.2, 0.25) is 0 Å². The highest BCUT2D eigenvalue weighted by atomic mass is 16.5. The van der Waals surface area contributed by atoms with Crippen molar-refractivity contribution in [1.29, 1.82) is 0 Å². The van der Waals surface area contributed by atoms with Crippen molar-refractivity contribution in [3.63, 3.8) is 0 Å². The van der Waals surface area contributed by atoms with Crippen molar-refractivity contribution in [3.8, 4) is 0 Å². The number of ether oxygens (including phenoxy) is 1. The molecule has 3 rings (SSSR count). The van der Waals surface area contributed by atoms with Crippen LogP contribution in [0.25, 0.3) is 0 Å². The van der Waals surface area contributed by atoms with E-state index in [4.69, 9.17) is 4.74 Å². The third kappa shape index (κ3) is 3.20. The number of fused-ring (bicyclic) bond motifs is 1. The molecule has 1 unspecified atom stereocenters. The Morgan fingerprint density at radius 2 is 2.09 bits per heavy atom. The van der Waals surface area contributed by atoms with Crippen LogP contribution in [0.4, 0.5) is 5.69 Å². The van der Waals surface area contributed by atoms with E-state index in [0.29, 0.717) is 6.61 Å². The number of aryl methyl sites for hydroxylation is 1. The molecule has 0 aliphatic heterocycles. The lowest BCUT2D eigenvalue weighted by molar-refractivity contribution is -0.117. The molecule has 1 amide bonds. The molecule has 0 heterocycles. The predicted octanol–water partition coefficient (Wildman–Crippen LogP) is 3.89. The predicted molar refractivity (Wildman–Crippen MR) is 87.9 cm³/mol. The van der Waals surface area contributed by atoms with Crippen molar-refractivity contribution in [2.45, 2.75) is 31.8 Å². The van der Waals surface area contributed by atoms with Crippen LogP contribution >= 0.6 is 0 Å². The maximum absolute atomic E-state index is 12.7. The number of rotatable bonds is 4. The monoisotopic (exact) mass is 295 g/mol. The molecule has 0 bridgehead atoms. The normalized spacial score (nSPS) is 16.9. The quantitative estimate of drug-likeness (QED) is 0.929. The minimum atomic E-state index is -0.0453. The third-order valence-electron chi connectivity index (χ3n) is 4.19. The molecule has 0 spiro atoms. The Balaban J connectivity index is 1.77. The highest BCUT2D eigenvalue weighted by molar-refractivity contribution is 5.96. The van der Waals surface area contributed by atoms with Gasteiger partial charge in [0.05, 0.1) is 12.5 Å². The van der Waals surface area contributed by atoms with Crippen LogP contribution in [0, 0.1) is 0 Å². The second-order valence-electron chi connectivity index (χ2n) is 5.77. The summed E-state index contributed by atoms with van der Waals surface area (Å²) in [4.78, 5) is 12.7. The van der Waals surface area contributed by atoms with Crippen LogP contribution in [0.5, 0.6) is 0 Å². The molecular weight excluding hydrogens is 274 g/mol. The summed E-state index contributed by atoms with van der Waals surface area (Å²) < 4.78 is 5.14. The number of amides is 1. The zero-order chi connectivity index (χ0) is 15.4. The van der Waals surface area contributed by atoms with Crippen molar-refractivity contribution < 1.29 is 9.53 Å². The van der Waals surface area contributed by atoms with E-state index < -0.39 is 0 Å². The zero-order valence-electron chi connectivity index (χ0n) is 12.8. The standard InChI is InChI=1S/C19H21NO2/c1-22-13-14-6-4-9-16(12-14)20-19(21)18-11-5-8-15-7-2-3-10-17(15)18/h2-4,6-7,9-10,12,18H,5,8,11,13H2,1H3,(H,20,21). The molecule has 0 radical (unpaired) electrons.